The smallest absolute Gasteiger partial charge is 0.253 e. The third-order valence-corrected chi connectivity index (χ3v) is 5.43. The van der Waals surface area contributed by atoms with Crippen molar-refractivity contribution in [3.8, 4) is 5.75 Å². The van der Waals surface area contributed by atoms with Crippen LogP contribution in [0.2, 0.25) is 0 Å². The Bertz CT molecular complexity index is 828. The van der Waals surface area contributed by atoms with E-state index >= 15 is 0 Å². The van der Waals surface area contributed by atoms with Crippen LogP contribution in [-0.2, 0) is 24.1 Å². The molecule has 1 heterocycles. The van der Waals surface area contributed by atoms with Crippen LogP contribution in [0.15, 0.2) is 36.4 Å². The SMILES string of the molecule is COc1cc2c(cc1CNC(=O)c1ccccc1N1CCOCC1)CCC2. The summed E-state index contributed by atoms with van der Waals surface area (Å²) in [5.74, 6) is 0.803. The number of rotatable bonds is 5. The molecule has 0 saturated carbocycles. The van der Waals surface area contributed by atoms with Gasteiger partial charge in [0.25, 0.3) is 5.91 Å². The number of nitrogens with one attached hydrogen (secondary N) is 1. The highest BCUT2D eigenvalue weighted by Crippen LogP contribution is 2.30. The van der Waals surface area contributed by atoms with Crippen molar-refractivity contribution in [1.82, 2.24) is 5.32 Å². The second-order valence-electron chi connectivity index (χ2n) is 7.09. The van der Waals surface area contributed by atoms with E-state index in [1.165, 1.54) is 17.5 Å². The largest absolute Gasteiger partial charge is 0.496 e. The lowest BCUT2D eigenvalue weighted by molar-refractivity contribution is 0.0949. The van der Waals surface area contributed by atoms with Gasteiger partial charge in [0.15, 0.2) is 0 Å². The van der Waals surface area contributed by atoms with Crippen LogP contribution in [0.5, 0.6) is 5.75 Å². The third kappa shape index (κ3) is 3.78. The van der Waals surface area contributed by atoms with Crippen LogP contribution in [0.25, 0.3) is 0 Å². The van der Waals surface area contributed by atoms with Crippen molar-refractivity contribution in [2.45, 2.75) is 25.8 Å². The first kappa shape index (κ1) is 17.9. The molecule has 27 heavy (non-hydrogen) atoms. The first-order chi connectivity index (χ1) is 13.3. The summed E-state index contributed by atoms with van der Waals surface area (Å²) in [4.78, 5) is 15.1. The molecule has 4 rings (SSSR count). The fourth-order valence-corrected chi connectivity index (χ4v) is 4.00. The molecule has 1 saturated heterocycles. The van der Waals surface area contributed by atoms with Gasteiger partial charge in [-0.15, -0.1) is 0 Å². The van der Waals surface area contributed by atoms with E-state index in [-0.39, 0.29) is 5.91 Å². The number of morpholine rings is 1. The minimum Gasteiger partial charge on any atom is -0.496 e. The highest BCUT2D eigenvalue weighted by molar-refractivity contribution is 5.99. The Hall–Kier alpha value is -2.53. The van der Waals surface area contributed by atoms with E-state index in [4.69, 9.17) is 9.47 Å². The monoisotopic (exact) mass is 366 g/mol. The minimum absolute atomic E-state index is 0.0559. The second kappa shape index (κ2) is 8.01. The molecule has 1 amide bonds. The van der Waals surface area contributed by atoms with Crippen molar-refractivity contribution < 1.29 is 14.3 Å². The minimum atomic E-state index is -0.0559. The molecule has 5 nitrogen and oxygen atoms in total. The molecular weight excluding hydrogens is 340 g/mol. The number of fused-ring (bicyclic) bond motifs is 1. The Labute approximate surface area is 160 Å². The Morgan fingerprint density at radius 1 is 1.15 bits per heavy atom. The number of carbonyl (C=O) groups excluding carboxylic acids is 1. The molecule has 142 valence electrons. The van der Waals surface area contributed by atoms with E-state index < -0.39 is 0 Å². The normalized spacial score (nSPS) is 16.1. The van der Waals surface area contributed by atoms with Crippen molar-refractivity contribution in [2.75, 3.05) is 38.3 Å². The molecule has 2 aromatic rings. The summed E-state index contributed by atoms with van der Waals surface area (Å²) in [6, 6.07) is 12.1. The zero-order valence-electron chi connectivity index (χ0n) is 15.8. The predicted octanol–water partition coefficient (Wildman–Crippen LogP) is 2.95. The molecule has 0 radical (unpaired) electrons. The van der Waals surface area contributed by atoms with Gasteiger partial charge in [0.1, 0.15) is 5.75 Å². The van der Waals surface area contributed by atoms with Gasteiger partial charge >= 0.3 is 0 Å². The maximum atomic E-state index is 12.9. The summed E-state index contributed by atoms with van der Waals surface area (Å²) in [6.45, 7) is 3.48. The molecule has 1 N–H and O–H groups in total. The maximum absolute atomic E-state index is 12.9. The van der Waals surface area contributed by atoms with Crippen LogP contribution in [0.4, 0.5) is 5.69 Å². The van der Waals surface area contributed by atoms with Gasteiger partial charge in [-0.3, -0.25) is 4.79 Å². The molecule has 1 aliphatic heterocycles. The Balaban J connectivity index is 1.51. The summed E-state index contributed by atoms with van der Waals surface area (Å²) in [6.07, 6.45) is 3.42. The molecule has 1 fully saturated rings. The van der Waals surface area contributed by atoms with Crippen LogP contribution in [-0.4, -0.2) is 39.3 Å². The number of anilines is 1. The lowest BCUT2D eigenvalue weighted by Gasteiger charge is -2.30. The van der Waals surface area contributed by atoms with Crippen LogP contribution in [0, 0.1) is 0 Å². The lowest BCUT2D eigenvalue weighted by atomic mass is 10.0. The summed E-state index contributed by atoms with van der Waals surface area (Å²) in [7, 11) is 1.69. The molecule has 2 aromatic carbocycles. The van der Waals surface area contributed by atoms with Crippen molar-refractivity contribution in [2.24, 2.45) is 0 Å². The number of benzene rings is 2. The average molecular weight is 366 g/mol. The van der Waals surface area contributed by atoms with Gasteiger partial charge in [0.05, 0.1) is 25.9 Å². The highest BCUT2D eigenvalue weighted by atomic mass is 16.5. The summed E-state index contributed by atoms with van der Waals surface area (Å²) < 4.78 is 11.0. The van der Waals surface area contributed by atoms with E-state index in [9.17, 15) is 4.79 Å². The first-order valence-electron chi connectivity index (χ1n) is 9.65. The maximum Gasteiger partial charge on any atom is 0.253 e. The third-order valence-electron chi connectivity index (χ3n) is 5.43. The Morgan fingerprint density at radius 3 is 2.67 bits per heavy atom. The van der Waals surface area contributed by atoms with Crippen LogP contribution >= 0.6 is 0 Å². The fourth-order valence-electron chi connectivity index (χ4n) is 4.00. The summed E-state index contributed by atoms with van der Waals surface area (Å²) in [5.41, 5.74) is 5.47. The molecule has 0 bridgehead atoms. The molecule has 1 aliphatic carbocycles. The van der Waals surface area contributed by atoms with E-state index in [2.05, 4.69) is 22.3 Å². The van der Waals surface area contributed by atoms with E-state index in [0.29, 0.717) is 25.3 Å². The zero-order chi connectivity index (χ0) is 18.6. The molecule has 5 heteroatoms. The molecular formula is C22H26N2O3. The molecule has 2 aliphatic rings. The Morgan fingerprint density at radius 2 is 1.89 bits per heavy atom. The topological polar surface area (TPSA) is 50.8 Å². The standard InChI is InChI=1S/C22H26N2O3/c1-26-21-14-17-6-4-5-16(17)13-18(21)15-23-22(25)19-7-2-3-8-20(19)24-9-11-27-12-10-24/h2-3,7-8,13-14H,4-6,9-12,15H2,1H3,(H,23,25). The number of amides is 1. The van der Waals surface area contributed by atoms with Gasteiger partial charge in [-0.1, -0.05) is 18.2 Å². The van der Waals surface area contributed by atoms with Gasteiger partial charge < -0.3 is 19.7 Å². The molecule has 0 aromatic heterocycles. The first-order valence-corrected chi connectivity index (χ1v) is 9.65. The predicted molar refractivity (Wildman–Crippen MR) is 106 cm³/mol. The van der Waals surface area contributed by atoms with Gasteiger partial charge in [0.2, 0.25) is 0 Å². The van der Waals surface area contributed by atoms with Gasteiger partial charge in [-0.2, -0.15) is 0 Å². The molecule has 0 atom stereocenters. The number of nitrogens with zero attached hydrogens (tertiary/aromatic N) is 1. The quantitative estimate of drug-likeness (QED) is 0.884. The second-order valence-corrected chi connectivity index (χ2v) is 7.09. The number of ether oxygens (including phenoxy) is 2. The Kier molecular flexibility index (Phi) is 5.30. The highest BCUT2D eigenvalue weighted by Gasteiger charge is 2.19. The number of aryl methyl sites for hydroxylation is 2. The van der Waals surface area contributed by atoms with E-state index in [1.807, 2.05) is 24.3 Å². The van der Waals surface area contributed by atoms with E-state index in [1.54, 1.807) is 7.11 Å². The van der Waals surface area contributed by atoms with Crippen molar-refractivity contribution in [3.05, 3.63) is 58.7 Å². The van der Waals surface area contributed by atoms with Crippen LogP contribution < -0.4 is 15.0 Å². The van der Waals surface area contributed by atoms with Gasteiger partial charge in [-0.05, 0) is 48.6 Å². The summed E-state index contributed by atoms with van der Waals surface area (Å²) in [5, 5.41) is 3.08. The number of carbonyl (C=O) groups is 1. The zero-order valence-corrected chi connectivity index (χ0v) is 15.8. The molecule has 0 unspecified atom stereocenters. The average Bonchev–Trinajstić information content (AvgIpc) is 3.19. The number of hydrogen-bond acceptors (Lipinski definition) is 4. The van der Waals surface area contributed by atoms with Crippen molar-refractivity contribution in [3.63, 3.8) is 0 Å². The van der Waals surface area contributed by atoms with Gasteiger partial charge in [0, 0.05) is 30.9 Å². The van der Waals surface area contributed by atoms with Gasteiger partial charge in [-0.25, -0.2) is 0 Å². The molecule has 0 spiro atoms. The van der Waals surface area contributed by atoms with Crippen molar-refractivity contribution >= 4 is 11.6 Å². The van der Waals surface area contributed by atoms with Crippen LogP contribution in [0.3, 0.4) is 0 Å². The summed E-state index contributed by atoms with van der Waals surface area (Å²) >= 11 is 0. The number of para-hydroxylation sites is 1. The van der Waals surface area contributed by atoms with E-state index in [0.717, 1.165) is 42.9 Å². The van der Waals surface area contributed by atoms with Crippen LogP contribution in [0.1, 0.15) is 33.5 Å². The van der Waals surface area contributed by atoms with Crippen molar-refractivity contribution in [1.29, 1.82) is 0 Å². The number of methoxy groups -OCH3 is 1. The number of hydrogen-bond donors (Lipinski definition) is 1. The lowest BCUT2D eigenvalue weighted by Crippen LogP contribution is -2.37. The fraction of sp³-hybridized carbons (Fsp3) is 0.409.